The van der Waals surface area contributed by atoms with Gasteiger partial charge in [0.15, 0.2) is 0 Å². The van der Waals surface area contributed by atoms with Crippen molar-refractivity contribution in [2.45, 2.75) is 33.0 Å². The zero-order valence-electron chi connectivity index (χ0n) is 23.6. The average molecular weight is 650 g/mol. The van der Waals surface area contributed by atoms with Crippen LogP contribution >= 0.6 is 0 Å². The zero-order valence-corrected chi connectivity index (χ0v) is 23.0. The molecule has 0 fully saturated rings. The van der Waals surface area contributed by atoms with Crippen LogP contribution in [0.25, 0.3) is 33.6 Å². The fourth-order valence-electron chi connectivity index (χ4n) is 3.57. The van der Waals surface area contributed by atoms with Crippen molar-refractivity contribution in [1.29, 1.82) is 0 Å². The number of aryl methyl sites for hydroxylation is 1. The van der Waals surface area contributed by atoms with E-state index in [0.29, 0.717) is 0 Å². The van der Waals surface area contributed by atoms with Crippen LogP contribution in [0.1, 0.15) is 36.0 Å². The van der Waals surface area contributed by atoms with E-state index in [1.165, 1.54) is 22.9 Å². The number of hydrogen-bond donors (Lipinski definition) is 0. The van der Waals surface area contributed by atoms with E-state index in [9.17, 15) is 0 Å². The summed E-state index contributed by atoms with van der Waals surface area (Å²) in [5, 5.41) is 0. The first-order valence-corrected chi connectivity index (χ1v) is 11.6. The second-order valence-electron chi connectivity index (χ2n) is 9.25. The molecule has 2 heterocycles. The molecule has 3 aromatic carbocycles. The van der Waals surface area contributed by atoms with Crippen molar-refractivity contribution in [2.75, 3.05) is 0 Å². The van der Waals surface area contributed by atoms with Crippen LogP contribution in [0.4, 0.5) is 0 Å². The molecule has 0 amide bonds. The van der Waals surface area contributed by atoms with Crippen molar-refractivity contribution in [3.05, 3.63) is 133 Å². The molecule has 0 atom stereocenters. The summed E-state index contributed by atoms with van der Waals surface area (Å²) in [6, 6.07) is 38.0. The first-order chi connectivity index (χ1) is 18.1. The molecule has 0 N–H and O–H groups in total. The van der Waals surface area contributed by atoms with Crippen LogP contribution < -0.4 is 0 Å². The van der Waals surface area contributed by atoms with Crippen LogP contribution in [0, 0.1) is 19.0 Å². The molecule has 183 valence electrons. The molecule has 0 saturated heterocycles. The van der Waals surface area contributed by atoms with E-state index >= 15 is 0 Å². The van der Waals surface area contributed by atoms with Crippen molar-refractivity contribution in [1.82, 2.24) is 9.97 Å². The molecule has 2 nitrogen and oxygen atoms in total. The normalized spacial score (nSPS) is 12.1. The minimum Gasteiger partial charge on any atom is -0.305 e. The summed E-state index contributed by atoms with van der Waals surface area (Å²) in [5.41, 5.74) is 7.67. The number of aromatic nitrogens is 2. The van der Waals surface area contributed by atoms with E-state index in [1.807, 2.05) is 36.5 Å². The molecule has 1 radical (unpaired) electrons. The third-order valence-corrected chi connectivity index (χ3v) is 5.56. The third kappa shape index (κ3) is 7.31. The summed E-state index contributed by atoms with van der Waals surface area (Å²) in [7, 11) is 0. The van der Waals surface area contributed by atoms with E-state index < -0.39 is 6.85 Å². The van der Waals surface area contributed by atoms with E-state index in [4.69, 9.17) is 4.11 Å². The second kappa shape index (κ2) is 12.5. The standard InChI is InChI=1S/C21H20N.C12H10N.Ir/c1-21(2,3)19-12-13-22-20(15-19)18-11-7-10-17(14-18)16-8-5-4-6-9-16;1-10-7-8-12(13-9-10)11-5-3-2-4-6-11;/h4-10,12-15H,1-3H3;2-5,7-9H,1H3;/q2*-1;/i;1D3;. The SMILES string of the molecule is CC(C)(C)c1ccnc(-c2[c-]ccc(-c3ccccc3)c2)c1.[2H]C([2H])([2H])c1ccc(-c2[c-]cccc2)nc1.[Ir]. The van der Waals surface area contributed by atoms with Crippen LogP contribution in [-0.4, -0.2) is 9.97 Å². The van der Waals surface area contributed by atoms with Crippen molar-refractivity contribution < 1.29 is 24.2 Å². The molecule has 0 spiro atoms. The molecule has 0 unspecified atom stereocenters. The smallest absolute Gasteiger partial charge is 0.0280 e. The van der Waals surface area contributed by atoms with Gasteiger partial charge in [-0.1, -0.05) is 69.3 Å². The molecule has 0 saturated carbocycles. The van der Waals surface area contributed by atoms with E-state index in [2.05, 4.69) is 91.4 Å². The Morgan fingerprint density at radius 2 is 1.47 bits per heavy atom. The Kier molecular flexibility index (Phi) is 8.02. The van der Waals surface area contributed by atoms with Crippen molar-refractivity contribution in [2.24, 2.45) is 0 Å². The van der Waals surface area contributed by atoms with Gasteiger partial charge in [0.1, 0.15) is 0 Å². The van der Waals surface area contributed by atoms with Gasteiger partial charge >= 0.3 is 0 Å². The maximum Gasteiger partial charge on any atom is 0.0280 e. The van der Waals surface area contributed by atoms with E-state index in [1.54, 1.807) is 18.2 Å². The largest absolute Gasteiger partial charge is 0.305 e. The van der Waals surface area contributed by atoms with Gasteiger partial charge in [0.05, 0.1) is 0 Å². The van der Waals surface area contributed by atoms with Gasteiger partial charge in [-0.3, -0.25) is 0 Å². The van der Waals surface area contributed by atoms with Crippen LogP contribution in [0.5, 0.6) is 0 Å². The fourth-order valence-corrected chi connectivity index (χ4v) is 3.57. The van der Waals surface area contributed by atoms with Gasteiger partial charge < -0.3 is 9.97 Å². The number of pyridine rings is 2. The van der Waals surface area contributed by atoms with Crippen LogP contribution in [-0.2, 0) is 25.5 Å². The molecule has 0 aliphatic carbocycles. The molecule has 0 aliphatic heterocycles. The Bertz CT molecular complexity index is 1460. The quantitative estimate of drug-likeness (QED) is 0.184. The summed E-state index contributed by atoms with van der Waals surface area (Å²) in [4.78, 5) is 8.65. The Labute approximate surface area is 233 Å². The predicted octanol–water partition coefficient (Wildman–Crippen LogP) is 8.37. The predicted molar refractivity (Wildman–Crippen MR) is 146 cm³/mol. The van der Waals surface area contributed by atoms with Crippen molar-refractivity contribution in [3.63, 3.8) is 0 Å². The first kappa shape index (κ1) is 23.0. The third-order valence-electron chi connectivity index (χ3n) is 5.56. The van der Waals surface area contributed by atoms with E-state index in [0.717, 1.165) is 22.5 Å². The minimum atomic E-state index is -2.09. The van der Waals surface area contributed by atoms with Gasteiger partial charge in [-0.15, -0.1) is 71.3 Å². The van der Waals surface area contributed by atoms with Crippen LogP contribution in [0.3, 0.4) is 0 Å². The Balaban J connectivity index is 0.000000220. The Morgan fingerprint density at radius 3 is 2.14 bits per heavy atom. The summed E-state index contributed by atoms with van der Waals surface area (Å²) < 4.78 is 21.7. The molecule has 36 heavy (non-hydrogen) atoms. The van der Waals surface area contributed by atoms with Gasteiger partial charge in [0.25, 0.3) is 0 Å². The Hall–Kier alpha value is -3.39. The summed E-state index contributed by atoms with van der Waals surface area (Å²) >= 11 is 0. The summed E-state index contributed by atoms with van der Waals surface area (Å²) in [6.07, 6.45) is 3.28. The van der Waals surface area contributed by atoms with Gasteiger partial charge in [0, 0.05) is 36.6 Å². The number of nitrogens with zero attached hydrogens (tertiary/aromatic N) is 2. The maximum absolute atomic E-state index is 7.23. The molecular weight excluding hydrogens is 617 g/mol. The number of hydrogen-bond acceptors (Lipinski definition) is 2. The minimum absolute atomic E-state index is 0. The second-order valence-corrected chi connectivity index (χ2v) is 9.25. The topological polar surface area (TPSA) is 25.8 Å². The van der Waals surface area contributed by atoms with Gasteiger partial charge in [-0.05, 0) is 46.4 Å². The van der Waals surface area contributed by atoms with Gasteiger partial charge in [0.2, 0.25) is 0 Å². The van der Waals surface area contributed by atoms with E-state index in [-0.39, 0.29) is 31.1 Å². The molecular formula is C33H30IrN2-2. The summed E-state index contributed by atoms with van der Waals surface area (Å²) in [6.45, 7) is 4.56. The van der Waals surface area contributed by atoms with Crippen LogP contribution in [0.15, 0.2) is 109 Å². The van der Waals surface area contributed by atoms with Crippen LogP contribution in [0.2, 0.25) is 0 Å². The van der Waals surface area contributed by atoms with Gasteiger partial charge in [-0.25, -0.2) is 0 Å². The molecule has 3 heteroatoms. The number of rotatable bonds is 3. The first-order valence-electron chi connectivity index (χ1n) is 13.1. The molecule has 5 aromatic rings. The van der Waals surface area contributed by atoms with Crippen molar-refractivity contribution in [3.8, 4) is 33.6 Å². The van der Waals surface area contributed by atoms with Crippen molar-refractivity contribution >= 4 is 0 Å². The number of benzene rings is 3. The average Bonchev–Trinajstić information content (AvgIpc) is 2.94. The van der Waals surface area contributed by atoms with Gasteiger partial charge in [-0.2, -0.15) is 0 Å². The fraction of sp³-hybridized carbons (Fsp3) is 0.152. The Morgan fingerprint density at radius 1 is 0.694 bits per heavy atom. The summed E-state index contributed by atoms with van der Waals surface area (Å²) in [5.74, 6) is 0. The maximum atomic E-state index is 7.23. The molecule has 2 aromatic heterocycles. The zero-order chi connectivity index (χ0) is 27.2. The monoisotopic (exact) mass is 650 g/mol. The molecule has 5 rings (SSSR count). The molecule has 0 aliphatic rings. The molecule has 0 bridgehead atoms.